The molecule has 0 radical (unpaired) electrons. The summed E-state index contributed by atoms with van der Waals surface area (Å²) in [5.74, 6) is 1.77. The van der Waals surface area contributed by atoms with Crippen LogP contribution in [0.2, 0.25) is 0 Å². The number of hydrogen-bond acceptors (Lipinski definition) is 7. The Labute approximate surface area is 253 Å². The number of aromatic nitrogens is 3. The Kier molecular flexibility index (Phi) is 8.33. The molecule has 3 aromatic carbocycles. The number of para-hydroxylation sites is 1. The number of carbonyl (C=O) groups is 1. The molecule has 1 amide bonds. The molecule has 0 bridgehead atoms. The van der Waals surface area contributed by atoms with E-state index in [1.807, 2.05) is 106 Å². The molecule has 3 aromatic heterocycles. The van der Waals surface area contributed by atoms with Gasteiger partial charge in [-0.25, -0.2) is 4.68 Å². The van der Waals surface area contributed by atoms with Crippen LogP contribution < -0.4 is 9.47 Å². The Balaban J connectivity index is 1.35. The first-order valence-corrected chi connectivity index (χ1v) is 14.7. The summed E-state index contributed by atoms with van der Waals surface area (Å²) < 4.78 is 18.2. The van der Waals surface area contributed by atoms with Gasteiger partial charge in [0.2, 0.25) is 0 Å². The number of ether oxygens (including phenoxy) is 2. The molecule has 216 valence electrons. The molecule has 0 aliphatic carbocycles. The first kappa shape index (κ1) is 28.0. The summed E-state index contributed by atoms with van der Waals surface area (Å²) in [5.41, 5.74) is 4.55. The molecule has 0 saturated heterocycles. The molecule has 6 rings (SSSR count). The molecule has 0 atom stereocenters. The quantitative estimate of drug-likeness (QED) is 0.159. The van der Waals surface area contributed by atoms with Crippen molar-refractivity contribution < 1.29 is 18.8 Å². The van der Waals surface area contributed by atoms with E-state index in [1.54, 1.807) is 31.6 Å². The standard InChI is InChI=1S/C34H30N4O4S/c1-40-28-15-13-24(14-16-28)32-21-31(36-42-32)34(39)37(18-17-30-12-7-19-43-30)22-26-23-38(27-9-4-3-5-10-27)35-33(26)25-8-6-11-29(20-25)41-2/h3-16,19-21,23H,17-18,22H2,1-2H3. The molecule has 0 saturated carbocycles. The number of rotatable bonds is 11. The zero-order valence-corrected chi connectivity index (χ0v) is 24.7. The minimum absolute atomic E-state index is 0.218. The van der Waals surface area contributed by atoms with E-state index in [2.05, 4.69) is 11.2 Å². The Morgan fingerprint density at radius 2 is 1.70 bits per heavy atom. The summed E-state index contributed by atoms with van der Waals surface area (Å²) in [6, 6.07) is 31.0. The maximum atomic E-state index is 14.0. The largest absolute Gasteiger partial charge is 0.497 e. The SMILES string of the molecule is COc1ccc(-c2cc(C(=O)N(CCc3cccs3)Cc3cn(-c4ccccc4)nc3-c3cccc(OC)c3)no2)cc1. The lowest BCUT2D eigenvalue weighted by atomic mass is 10.1. The average molecular weight is 591 g/mol. The third-order valence-corrected chi connectivity index (χ3v) is 8.05. The first-order chi connectivity index (χ1) is 21.1. The van der Waals surface area contributed by atoms with Gasteiger partial charge in [0.25, 0.3) is 5.91 Å². The van der Waals surface area contributed by atoms with E-state index < -0.39 is 0 Å². The molecular weight excluding hydrogens is 560 g/mol. The van der Waals surface area contributed by atoms with Gasteiger partial charge in [0.05, 0.1) is 25.6 Å². The maximum Gasteiger partial charge on any atom is 0.276 e. The second kappa shape index (κ2) is 12.8. The van der Waals surface area contributed by atoms with Crippen LogP contribution in [0.5, 0.6) is 11.5 Å². The van der Waals surface area contributed by atoms with E-state index >= 15 is 0 Å². The zero-order chi connectivity index (χ0) is 29.6. The van der Waals surface area contributed by atoms with Gasteiger partial charge in [0.1, 0.15) is 11.5 Å². The molecule has 43 heavy (non-hydrogen) atoms. The highest BCUT2D eigenvalue weighted by Crippen LogP contribution is 2.29. The third kappa shape index (κ3) is 6.37. The summed E-state index contributed by atoms with van der Waals surface area (Å²) in [5, 5.41) is 11.2. The number of hydrogen-bond donors (Lipinski definition) is 0. The van der Waals surface area contributed by atoms with Crippen molar-refractivity contribution in [2.45, 2.75) is 13.0 Å². The predicted molar refractivity (Wildman–Crippen MR) is 167 cm³/mol. The Bertz CT molecular complexity index is 1790. The smallest absolute Gasteiger partial charge is 0.276 e. The molecule has 3 heterocycles. The lowest BCUT2D eigenvalue weighted by molar-refractivity contribution is 0.0735. The molecular formula is C34H30N4O4S. The van der Waals surface area contributed by atoms with E-state index in [4.69, 9.17) is 19.1 Å². The van der Waals surface area contributed by atoms with Gasteiger partial charge in [-0.3, -0.25) is 4.79 Å². The molecule has 8 nitrogen and oxygen atoms in total. The minimum atomic E-state index is -0.218. The predicted octanol–water partition coefficient (Wildman–Crippen LogP) is 7.16. The molecule has 0 N–H and O–H groups in total. The number of amides is 1. The average Bonchev–Trinajstić information content (AvgIpc) is 3.85. The molecule has 6 aromatic rings. The summed E-state index contributed by atoms with van der Waals surface area (Å²) in [7, 11) is 3.26. The Morgan fingerprint density at radius 3 is 2.44 bits per heavy atom. The monoisotopic (exact) mass is 590 g/mol. The molecule has 0 spiro atoms. The van der Waals surface area contributed by atoms with Crippen molar-refractivity contribution in [3.8, 4) is 39.8 Å². The molecule has 0 aliphatic rings. The second-order valence-electron chi connectivity index (χ2n) is 9.88. The van der Waals surface area contributed by atoms with Crippen LogP contribution in [0, 0.1) is 0 Å². The number of carbonyl (C=O) groups excluding carboxylic acids is 1. The second-order valence-corrected chi connectivity index (χ2v) is 10.9. The lowest BCUT2D eigenvalue weighted by Gasteiger charge is -2.21. The van der Waals surface area contributed by atoms with Crippen LogP contribution in [0.25, 0.3) is 28.3 Å². The normalized spacial score (nSPS) is 10.9. The van der Waals surface area contributed by atoms with Gasteiger partial charge in [-0.15, -0.1) is 11.3 Å². The van der Waals surface area contributed by atoms with Gasteiger partial charge in [0, 0.05) is 46.9 Å². The fraction of sp³-hybridized carbons (Fsp3) is 0.147. The van der Waals surface area contributed by atoms with E-state index in [1.165, 1.54) is 4.88 Å². The fourth-order valence-corrected chi connectivity index (χ4v) is 5.54. The zero-order valence-electron chi connectivity index (χ0n) is 23.8. The van der Waals surface area contributed by atoms with Crippen LogP contribution in [0.15, 0.2) is 113 Å². The van der Waals surface area contributed by atoms with Crippen LogP contribution in [-0.2, 0) is 13.0 Å². The van der Waals surface area contributed by atoms with Gasteiger partial charge in [-0.2, -0.15) is 5.10 Å². The van der Waals surface area contributed by atoms with E-state index in [9.17, 15) is 4.79 Å². The molecule has 9 heteroatoms. The van der Waals surface area contributed by atoms with Gasteiger partial charge >= 0.3 is 0 Å². The Morgan fingerprint density at radius 1 is 0.884 bits per heavy atom. The highest BCUT2D eigenvalue weighted by Gasteiger charge is 2.24. The van der Waals surface area contributed by atoms with Crippen LogP contribution in [0.1, 0.15) is 20.9 Å². The van der Waals surface area contributed by atoms with Crippen molar-refractivity contribution in [3.05, 3.63) is 125 Å². The molecule has 0 unspecified atom stereocenters. The highest BCUT2D eigenvalue weighted by atomic mass is 32.1. The number of methoxy groups -OCH3 is 2. The van der Waals surface area contributed by atoms with Crippen molar-refractivity contribution in [2.24, 2.45) is 0 Å². The van der Waals surface area contributed by atoms with Crippen molar-refractivity contribution in [1.29, 1.82) is 0 Å². The van der Waals surface area contributed by atoms with Gasteiger partial charge in [-0.1, -0.05) is 41.6 Å². The van der Waals surface area contributed by atoms with Crippen LogP contribution >= 0.6 is 11.3 Å². The van der Waals surface area contributed by atoms with Gasteiger partial charge in [0.15, 0.2) is 11.5 Å². The van der Waals surface area contributed by atoms with Gasteiger partial charge < -0.3 is 18.9 Å². The number of thiophene rings is 1. The van der Waals surface area contributed by atoms with E-state index in [0.717, 1.165) is 39.6 Å². The minimum Gasteiger partial charge on any atom is -0.497 e. The van der Waals surface area contributed by atoms with Crippen molar-refractivity contribution in [3.63, 3.8) is 0 Å². The maximum absolute atomic E-state index is 14.0. The Hall–Kier alpha value is -5.15. The lowest BCUT2D eigenvalue weighted by Crippen LogP contribution is -2.32. The summed E-state index contributed by atoms with van der Waals surface area (Å²) in [6.07, 6.45) is 2.70. The van der Waals surface area contributed by atoms with Crippen molar-refractivity contribution in [1.82, 2.24) is 19.8 Å². The van der Waals surface area contributed by atoms with Crippen LogP contribution in [0.3, 0.4) is 0 Å². The van der Waals surface area contributed by atoms with Crippen LogP contribution in [0.4, 0.5) is 0 Å². The summed E-state index contributed by atoms with van der Waals surface area (Å²) in [6.45, 7) is 0.826. The van der Waals surface area contributed by atoms with Crippen LogP contribution in [-0.4, -0.2) is 46.5 Å². The number of benzene rings is 3. The third-order valence-electron chi connectivity index (χ3n) is 7.11. The van der Waals surface area contributed by atoms with E-state index in [-0.39, 0.29) is 11.6 Å². The number of nitrogens with zero attached hydrogens (tertiary/aromatic N) is 4. The van der Waals surface area contributed by atoms with Gasteiger partial charge in [-0.05, 0) is 66.4 Å². The molecule has 0 fully saturated rings. The summed E-state index contributed by atoms with van der Waals surface area (Å²) in [4.78, 5) is 17.0. The fourth-order valence-electron chi connectivity index (χ4n) is 4.84. The molecule has 0 aliphatic heterocycles. The summed E-state index contributed by atoms with van der Waals surface area (Å²) >= 11 is 1.68. The topological polar surface area (TPSA) is 82.6 Å². The highest BCUT2D eigenvalue weighted by molar-refractivity contribution is 7.09. The first-order valence-electron chi connectivity index (χ1n) is 13.8. The van der Waals surface area contributed by atoms with E-state index in [0.29, 0.717) is 25.3 Å². The van der Waals surface area contributed by atoms with Crippen molar-refractivity contribution in [2.75, 3.05) is 20.8 Å². The van der Waals surface area contributed by atoms with Crippen molar-refractivity contribution >= 4 is 17.2 Å².